The maximum atomic E-state index is 12.9. The molecule has 2 aromatic heterocycles. The molecule has 178 valence electrons. The summed E-state index contributed by atoms with van der Waals surface area (Å²) in [5.74, 6) is -0.408. The van der Waals surface area contributed by atoms with Crippen LogP contribution in [0, 0.1) is 10.1 Å². The van der Waals surface area contributed by atoms with Gasteiger partial charge in [-0.25, -0.2) is 10.1 Å². The van der Waals surface area contributed by atoms with E-state index in [2.05, 4.69) is 40.7 Å². The van der Waals surface area contributed by atoms with Crippen LogP contribution in [0.4, 0.5) is 11.5 Å². The van der Waals surface area contributed by atoms with Crippen molar-refractivity contribution in [1.82, 2.24) is 35.6 Å². The molecule has 0 radical (unpaired) electrons. The Kier molecular flexibility index (Phi) is 6.87. The average molecular weight is 468 g/mol. The highest BCUT2D eigenvalue weighted by Gasteiger charge is 2.27. The average Bonchev–Trinajstić information content (AvgIpc) is 3.45. The van der Waals surface area contributed by atoms with E-state index in [0.717, 1.165) is 25.7 Å². The third-order valence-corrected chi connectivity index (χ3v) is 5.76. The second-order valence-corrected chi connectivity index (χ2v) is 8.02. The van der Waals surface area contributed by atoms with Gasteiger partial charge in [0.1, 0.15) is 0 Å². The molecule has 3 aromatic rings. The monoisotopic (exact) mass is 468 g/mol. The zero-order valence-electron chi connectivity index (χ0n) is 18.5. The molecule has 0 unspecified atom stereocenters. The summed E-state index contributed by atoms with van der Waals surface area (Å²) >= 11 is 0. The number of nitrogens with one attached hydrogen (secondary N) is 1. The molecule has 1 aliphatic carbocycles. The smallest absolute Gasteiger partial charge is 0.293 e. The summed E-state index contributed by atoms with van der Waals surface area (Å²) in [7, 11) is 1.99. The first kappa shape index (κ1) is 23.0. The third kappa shape index (κ3) is 5.06. The molecule has 1 saturated carbocycles. The van der Waals surface area contributed by atoms with Crippen LogP contribution in [0.5, 0.6) is 0 Å². The van der Waals surface area contributed by atoms with Crippen LogP contribution in [0.15, 0.2) is 34.0 Å². The lowest BCUT2D eigenvalue weighted by molar-refractivity contribution is -0.384. The van der Waals surface area contributed by atoms with Crippen LogP contribution in [0.3, 0.4) is 0 Å². The van der Waals surface area contributed by atoms with Crippen molar-refractivity contribution in [2.24, 2.45) is 5.10 Å². The van der Waals surface area contributed by atoms with Crippen LogP contribution in [0.25, 0.3) is 5.82 Å². The van der Waals surface area contributed by atoms with Crippen LogP contribution < -0.4 is 11.2 Å². The van der Waals surface area contributed by atoms with Crippen molar-refractivity contribution < 1.29 is 14.3 Å². The molecule has 14 nitrogen and oxygen atoms in total. The number of nitrogens with two attached hydrogens (primary N) is 1. The first-order chi connectivity index (χ1) is 16.4. The van der Waals surface area contributed by atoms with Crippen molar-refractivity contribution in [2.75, 3.05) is 12.8 Å². The van der Waals surface area contributed by atoms with Gasteiger partial charge in [-0.1, -0.05) is 24.5 Å². The Morgan fingerprint density at radius 2 is 2.06 bits per heavy atom. The van der Waals surface area contributed by atoms with E-state index >= 15 is 0 Å². The molecule has 0 bridgehead atoms. The van der Waals surface area contributed by atoms with E-state index < -0.39 is 10.8 Å². The largest absolute Gasteiger partial charge is 0.378 e. The summed E-state index contributed by atoms with van der Waals surface area (Å²) in [6, 6.07) is 6.12. The van der Waals surface area contributed by atoms with Crippen molar-refractivity contribution in [3.63, 3.8) is 0 Å². The third-order valence-electron chi connectivity index (χ3n) is 5.76. The molecule has 0 saturated heterocycles. The van der Waals surface area contributed by atoms with Gasteiger partial charge in [-0.3, -0.25) is 19.8 Å². The van der Waals surface area contributed by atoms with Crippen LogP contribution in [-0.4, -0.2) is 60.3 Å². The van der Waals surface area contributed by atoms with Gasteiger partial charge in [0.25, 0.3) is 11.6 Å². The summed E-state index contributed by atoms with van der Waals surface area (Å²) in [5.41, 5.74) is 9.33. The number of hydrogen-bond donors (Lipinski definition) is 2. The van der Waals surface area contributed by atoms with Gasteiger partial charge in [0.05, 0.1) is 16.8 Å². The molecule has 3 N–H and O–H groups in total. The fraction of sp³-hybridized carbons (Fsp3) is 0.400. The van der Waals surface area contributed by atoms with E-state index in [1.54, 1.807) is 0 Å². The number of rotatable bonds is 8. The molecule has 34 heavy (non-hydrogen) atoms. The van der Waals surface area contributed by atoms with Gasteiger partial charge in [-0.15, -0.1) is 5.10 Å². The second-order valence-electron chi connectivity index (χ2n) is 8.02. The molecular weight excluding hydrogens is 444 g/mol. The first-order valence-electron chi connectivity index (χ1n) is 10.7. The number of carbonyl (C=O) groups excluding carboxylic acids is 1. The molecule has 1 aromatic carbocycles. The van der Waals surface area contributed by atoms with Crippen molar-refractivity contribution in [2.45, 2.75) is 44.7 Å². The highest BCUT2D eigenvalue weighted by atomic mass is 16.6. The van der Waals surface area contributed by atoms with E-state index in [4.69, 9.17) is 5.73 Å². The number of non-ortho nitro benzene ring substituents is 1. The number of hydrazone groups is 1. The van der Waals surface area contributed by atoms with Gasteiger partial charge in [0.15, 0.2) is 5.69 Å². The standard InChI is InChI=1S/C20H24N10O4/c1-28(14-5-3-2-4-6-14)12-16-17(23-27-29(16)19-18(21)25-34-26-19)20(31)24-22-11-13-7-9-15(10-8-13)30(32)33/h7-11,14H,2-6,12H2,1H3,(H2,21,25)(H,24,31)/b22-11-. The minimum absolute atomic E-state index is 0.0228. The number of amides is 1. The highest BCUT2D eigenvalue weighted by Crippen LogP contribution is 2.24. The lowest BCUT2D eigenvalue weighted by atomic mass is 9.94. The van der Waals surface area contributed by atoms with Gasteiger partial charge in [-0.05, 0) is 47.9 Å². The van der Waals surface area contributed by atoms with Crippen LogP contribution >= 0.6 is 0 Å². The van der Waals surface area contributed by atoms with Crippen LogP contribution in [0.2, 0.25) is 0 Å². The Hall–Kier alpha value is -4.20. The second kappa shape index (κ2) is 10.2. The fourth-order valence-electron chi connectivity index (χ4n) is 3.92. The van der Waals surface area contributed by atoms with Crippen molar-refractivity contribution in [1.29, 1.82) is 0 Å². The van der Waals surface area contributed by atoms with Gasteiger partial charge in [0, 0.05) is 24.7 Å². The molecule has 0 atom stereocenters. The van der Waals surface area contributed by atoms with E-state index in [-0.39, 0.29) is 23.0 Å². The van der Waals surface area contributed by atoms with Gasteiger partial charge < -0.3 is 5.73 Å². The number of hydrogen-bond acceptors (Lipinski definition) is 11. The Bertz CT molecular complexity index is 1180. The van der Waals surface area contributed by atoms with Crippen molar-refractivity contribution in [3.05, 3.63) is 51.3 Å². The zero-order valence-corrected chi connectivity index (χ0v) is 18.5. The quantitative estimate of drug-likeness (QED) is 0.280. The molecular formula is C20H24N10O4. The highest BCUT2D eigenvalue weighted by molar-refractivity contribution is 5.94. The maximum Gasteiger partial charge on any atom is 0.293 e. The lowest BCUT2D eigenvalue weighted by Gasteiger charge is -2.31. The Balaban J connectivity index is 1.54. The zero-order chi connectivity index (χ0) is 24.1. The molecule has 0 aliphatic heterocycles. The van der Waals surface area contributed by atoms with E-state index in [1.807, 2.05) is 7.05 Å². The molecule has 0 spiro atoms. The van der Waals surface area contributed by atoms with E-state index in [0.29, 0.717) is 23.8 Å². The maximum absolute atomic E-state index is 12.9. The lowest BCUT2D eigenvalue weighted by Crippen LogP contribution is -2.34. The number of nitro benzene ring substituents is 1. The first-order valence-corrected chi connectivity index (χ1v) is 10.7. The normalized spacial score (nSPS) is 14.6. The van der Waals surface area contributed by atoms with Gasteiger partial charge in [0.2, 0.25) is 11.6 Å². The molecule has 4 rings (SSSR count). The summed E-state index contributed by atoms with van der Waals surface area (Å²) < 4.78 is 6.04. The van der Waals surface area contributed by atoms with Crippen molar-refractivity contribution in [3.8, 4) is 5.82 Å². The minimum atomic E-state index is -0.577. The molecule has 1 fully saturated rings. The number of anilines is 1. The number of benzene rings is 1. The SMILES string of the molecule is CN(Cc1c(C(=O)N/N=C\c2ccc([N+](=O)[O-])cc2)nnn1-c1nonc1N)C1CCCCC1. The predicted molar refractivity (Wildman–Crippen MR) is 120 cm³/mol. The Morgan fingerprint density at radius 3 is 2.71 bits per heavy atom. The fourth-order valence-corrected chi connectivity index (χ4v) is 3.92. The Morgan fingerprint density at radius 1 is 1.32 bits per heavy atom. The van der Waals surface area contributed by atoms with Crippen LogP contribution in [-0.2, 0) is 6.54 Å². The number of nitrogen functional groups attached to an aromatic ring is 1. The Labute approximate surface area is 193 Å². The number of nitro groups is 1. The molecule has 1 aliphatic rings. The molecule has 2 heterocycles. The predicted octanol–water partition coefficient (Wildman–Crippen LogP) is 1.67. The number of nitrogens with zero attached hydrogens (tertiary/aromatic N) is 8. The minimum Gasteiger partial charge on any atom is -0.378 e. The van der Waals surface area contributed by atoms with E-state index in [1.165, 1.54) is 41.6 Å². The summed E-state index contributed by atoms with van der Waals surface area (Å²) in [6.45, 7) is 0.374. The summed E-state index contributed by atoms with van der Waals surface area (Å²) in [6.07, 6.45) is 7.08. The summed E-state index contributed by atoms with van der Waals surface area (Å²) in [4.78, 5) is 25.3. The number of aromatic nitrogens is 5. The topological polar surface area (TPSA) is 183 Å². The summed E-state index contributed by atoms with van der Waals surface area (Å²) in [5, 5.41) is 30.1. The van der Waals surface area contributed by atoms with Crippen LogP contribution in [0.1, 0.15) is 53.8 Å². The van der Waals surface area contributed by atoms with Gasteiger partial charge in [-0.2, -0.15) is 9.78 Å². The number of carbonyl (C=O) groups is 1. The van der Waals surface area contributed by atoms with E-state index in [9.17, 15) is 14.9 Å². The van der Waals surface area contributed by atoms with Crippen molar-refractivity contribution >= 4 is 23.6 Å². The molecule has 14 heteroatoms. The molecule has 1 amide bonds. The van der Waals surface area contributed by atoms with Gasteiger partial charge >= 0.3 is 0 Å².